The molecule has 0 aromatic heterocycles. The SMILES string of the molecule is O=C1CC(C2CCOC2)c2cc(F)ccc2N1. The summed E-state index contributed by atoms with van der Waals surface area (Å²) in [5, 5.41) is 2.79. The third kappa shape index (κ3) is 1.93. The molecule has 1 aromatic carbocycles. The Balaban J connectivity index is 1.99. The van der Waals surface area contributed by atoms with Crippen molar-refractivity contribution in [3.05, 3.63) is 29.6 Å². The summed E-state index contributed by atoms with van der Waals surface area (Å²) in [5.74, 6) is 0.198. The summed E-state index contributed by atoms with van der Waals surface area (Å²) in [4.78, 5) is 11.6. The number of fused-ring (bicyclic) bond motifs is 1. The second-order valence-electron chi connectivity index (χ2n) is 4.71. The van der Waals surface area contributed by atoms with Crippen molar-refractivity contribution >= 4 is 11.6 Å². The summed E-state index contributed by atoms with van der Waals surface area (Å²) < 4.78 is 18.7. The highest BCUT2D eigenvalue weighted by atomic mass is 19.1. The van der Waals surface area contributed by atoms with Crippen molar-refractivity contribution in [1.29, 1.82) is 0 Å². The van der Waals surface area contributed by atoms with Crippen LogP contribution in [-0.4, -0.2) is 19.1 Å². The topological polar surface area (TPSA) is 38.3 Å². The Morgan fingerprint density at radius 1 is 1.41 bits per heavy atom. The normalized spacial score (nSPS) is 27.7. The summed E-state index contributed by atoms with van der Waals surface area (Å²) in [6, 6.07) is 4.56. The van der Waals surface area contributed by atoms with Gasteiger partial charge >= 0.3 is 0 Å². The smallest absolute Gasteiger partial charge is 0.225 e. The van der Waals surface area contributed by atoms with Crippen LogP contribution in [0.2, 0.25) is 0 Å². The number of rotatable bonds is 1. The molecule has 0 bridgehead atoms. The molecule has 3 rings (SSSR count). The molecule has 0 radical (unpaired) electrons. The average Bonchev–Trinajstić information content (AvgIpc) is 2.82. The van der Waals surface area contributed by atoms with Crippen LogP contribution in [-0.2, 0) is 9.53 Å². The number of anilines is 1. The first-order chi connectivity index (χ1) is 8.24. The first kappa shape index (κ1) is 10.7. The van der Waals surface area contributed by atoms with E-state index in [1.807, 2.05) is 0 Å². The minimum absolute atomic E-state index is 0.0148. The minimum atomic E-state index is -0.246. The van der Waals surface area contributed by atoms with Crippen LogP contribution in [0.1, 0.15) is 24.3 Å². The van der Waals surface area contributed by atoms with Gasteiger partial charge in [-0.05, 0) is 42.0 Å². The second-order valence-corrected chi connectivity index (χ2v) is 4.71. The van der Waals surface area contributed by atoms with Crippen LogP contribution < -0.4 is 5.32 Å². The zero-order valence-electron chi connectivity index (χ0n) is 9.41. The van der Waals surface area contributed by atoms with Crippen molar-refractivity contribution in [2.45, 2.75) is 18.8 Å². The molecular weight excluding hydrogens is 221 g/mol. The van der Waals surface area contributed by atoms with Crippen LogP contribution in [0.3, 0.4) is 0 Å². The van der Waals surface area contributed by atoms with Crippen LogP contribution in [0.4, 0.5) is 10.1 Å². The van der Waals surface area contributed by atoms with Gasteiger partial charge in [-0.1, -0.05) is 0 Å². The Morgan fingerprint density at radius 2 is 2.29 bits per heavy atom. The van der Waals surface area contributed by atoms with Gasteiger partial charge in [0.25, 0.3) is 0 Å². The molecule has 2 atom stereocenters. The fraction of sp³-hybridized carbons (Fsp3) is 0.462. The van der Waals surface area contributed by atoms with E-state index >= 15 is 0 Å². The number of amides is 1. The standard InChI is InChI=1S/C13H14FNO2/c14-9-1-2-12-11(5-9)10(6-13(16)15-12)8-3-4-17-7-8/h1-2,5,8,10H,3-4,6-7H2,(H,15,16). The molecule has 0 saturated carbocycles. The van der Waals surface area contributed by atoms with E-state index in [1.165, 1.54) is 12.1 Å². The predicted octanol–water partition coefficient (Wildman–Crippen LogP) is 2.29. The van der Waals surface area contributed by atoms with Gasteiger partial charge in [0.2, 0.25) is 5.91 Å². The molecule has 2 unspecified atom stereocenters. The number of carbonyl (C=O) groups excluding carboxylic acids is 1. The van der Waals surface area contributed by atoms with E-state index in [-0.39, 0.29) is 17.6 Å². The lowest BCUT2D eigenvalue weighted by molar-refractivity contribution is -0.117. The summed E-state index contributed by atoms with van der Waals surface area (Å²) in [6.07, 6.45) is 1.39. The van der Waals surface area contributed by atoms with Gasteiger partial charge in [0.1, 0.15) is 5.82 Å². The number of carbonyl (C=O) groups is 1. The summed E-state index contributed by atoms with van der Waals surface area (Å²) in [7, 11) is 0. The molecule has 90 valence electrons. The number of hydrogen-bond acceptors (Lipinski definition) is 2. The number of hydrogen-bond donors (Lipinski definition) is 1. The van der Waals surface area contributed by atoms with Crippen LogP contribution in [0.25, 0.3) is 0 Å². The maximum Gasteiger partial charge on any atom is 0.225 e. The lowest BCUT2D eigenvalue weighted by Crippen LogP contribution is -2.27. The lowest BCUT2D eigenvalue weighted by atomic mass is 9.80. The first-order valence-corrected chi connectivity index (χ1v) is 5.91. The number of ether oxygens (including phenoxy) is 1. The van der Waals surface area contributed by atoms with Crippen LogP contribution >= 0.6 is 0 Å². The van der Waals surface area contributed by atoms with Gasteiger partial charge in [0.05, 0.1) is 6.61 Å². The van der Waals surface area contributed by atoms with Gasteiger partial charge in [-0.15, -0.1) is 0 Å². The van der Waals surface area contributed by atoms with Crippen LogP contribution in [0, 0.1) is 11.7 Å². The molecule has 1 aromatic rings. The summed E-state index contributed by atoms with van der Waals surface area (Å²) in [5.41, 5.74) is 1.67. The van der Waals surface area contributed by atoms with E-state index in [1.54, 1.807) is 6.07 Å². The van der Waals surface area contributed by atoms with Crippen LogP contribution in [0.5, 0.6) is 0 Å². The van der Waals surface area contributed by atoms with Gasteiger partial charge in [-0.25, -0.2) is 4.39 Å². The molecule has 4 heteroatoms. The molecule has 17 heavy (non-hydrogen) atoms. The first-order valence-electron chi connectivity index (χ1n) is 5.91. The van der Waals surface area contributed by atoms with E-state index in [0.717, 1.165) is 24.3 Å². The number of nitrogens with one attached hydrogen (secondary N) is 1. The van der Waals surface area contributed by atoms with Crippen molar-refractivity contribution in [2.75, 3.05) is 18.5 Å². The molecule has 1 saturated heterocycles. The van der Waals surface area contributed by atoms with Crippen molar-refractivity contribution in [3.8, 4) is 0 Å². The van der Waals surface area contributed by atoms with Gasteiger partial charge in [0, 0.05) is 18.7 Å². The number of benzene rings is 1. The highest BCUT2D eigenvalue weighted by Gasteiger charge is 2.33. The zero-order valence-corrected chi connectivity index (χ0v) is 9.41. The summed E-state index contributed by atoms with van der Waals surface area (Å²) >= 11 is 0. The molecule has 2 heterocycles. The van der Waals surface area contributed by atoms with E-state index in [0.29, 0.717) is 18.9 Å². The van der Waals surface area contributed by atoms with Crippen molar-refractivity contribution in [2.24, 2.45) is 5.92 Å². The predicted molar refractivity (Wildman–Crippen MR) is 61.3 cm³/mol. The fourth-order valence-corrected chi connectivity index (χ4v) is 2.76. The van der Waals surface area contributed by atoms with E-state index in [2.05, 4.69) is 5.32 Å². The van der Waals surface area contributed by atoms with E-state index < -0.39 is 0 Å². The molecule has 0 aliphatic carbocycles. The molecule has 3 nitrogen and oxygen atoms in total. The molecular formula is C13H14FNO2. The Hall–Kier alpha value is -1.42. The maximum atomic E-state index is 13.3. The molecule has 1 amide bonds. The molecule has 1 N–H and O–H groups in total. The van der Waals surface area contributed by atoms with E-state index in [9.17, 15) is 9.18 Å². The third-order valence-corrected chi connectivity index (χ3v) is 3.63. The third-order valence-electron chi connectivity index (χ3n) is 3.63. The van der Waals surface area contributed by atoms with Crippen molar-refractivity contribution in [3.63, 3.8) is 0 Å². The Kier molecular flexibility index (Phi) is 2.59. The summed E-state index contributed by atoms with van der Waals surface area (Å²) in [6.45, 7) is 1.42. The van der Waals surface area contributed by atoms with E-state index in [4.69, 9.17) is 4.74 Å². The van der Waals surface area contributed by atoms with Gasteiger partial charge < -0.3 is 10.1 Å². The van der Waals surface area contributed by atoms with Gasteiger partial charge in [0.15, 0.2) is 0 Å². The largest absolute Gasteiger partial charge is 0.381 e. The number of halogens is 1. The molecule has 1 fully saturated rings. The zero-order chi connectivity index (χ0) is 11.8. The average molecular weight is 235 g/mol. The monoisotopic (exact) mass is 235 g/mol. The lowest BCUT2D eigenvalue weighted by Gasteiger charge is -2.29. The second kappa shape index (κ2) is 4.11. The fourth-order valence-electron chi connectivity index (χ4n) is 2.76. The highest BCUT2D eigenvalue weighted by molar-refractivity contribution is 5.94. The van der Waals surface area contributed by atoms with Crippen LogP contribution in [0.15, 0.2) is 18.2 Å². The van der Waals surface area contributed by atoms with Crippen molar-refractivity contribution in [1.82, 2.24) is 0 Å². The Morgan fingerprint density at radius 3 is 3.06 bits per heavy atom. The highest BCUT2D eigenvalue weighted by Crippen LogP contribution is 2.40. The quantitative estimate of drug-likeness (QED) is 0.811. The minimum Gasteiger partial charge on any atom is -0.381 e. The van der Waals surface area contributed by atoms with Gasteiger partial charge in [-0.2, -0.15) is 0 Å². The molecule has 0 spiro atoms. The van der Waals surface area contributed by atoms with Gasteiger partial charge in [-0.3, -0.25) is 4.79 Å². The van der Waals surface area contributed by atoms with Crippen molar-refractivity contribution < 1.29 is 13.9 Å². The Bertz CT molecular complexity index is 455. The maximum absolute atomic E-state index is 13.3. The molecule has 2 aliphatic heterocycles. The Labute approximate surface area is 99.0 Å². The molecule has 2 aliphatic rings.